The number of imide groups is 1. The lowest BCUT2D eigenvalue weighted by Crippen LogP contribution is -2.54. The third kappa shape index (κ3) is 4.63. The molecule has 0 spiro atoms. The number of hydrogen-bond acceptors (Lipinski definition) is 6. The molecule has 2 aromatic rings. The molecule has 0 aliphatic carbocycles. The van der Waals surface area contributed by atoms with E-state index in [0.29, 0.717) is 22.7 Å². The number of fused-ring (bicyclic) bond motifs is 1. The molecule has 3 aliphatic rings. The first kappa shape index (κ1) is 25.1. The van der Waals surface area contributed by atoms with Crippen molar-refractivity contribution in [2.45, 2.75) is 44.3 Å². The SMILES string of the molecule is COc1ccc2c(c1)C(=O)N(C[C@@]1(C#Cc3ccc(/C(=N\O)N4CCCC[C@@H]4C)cc3)NC(=O)NC1=O)C2. The van der Waals surface area contributed by atoms with Gasteiger partial charge in [-0.1, -0.05) is 23.1 Å². The monoisotopic (exact) mass is 515 g/mol. The number of ether oxygens (including phenoxy) is 1. The zero-order chi connectivity index (χ0) is 26.9. The number of amidine groups is 1. The van der Waals surface area contributed by atoms with Crippen molar-refractivity contribution in [3.05, 3.63) is 64.7 Å². The lowest BCUT2D eigenvalue weighted by atomic mass is 9.98. The largest absolute Gasteiger partial charge is 0.497 e. The van der Waals surface area contributed by atoms with Crippen molar-refractivity contribution in [2.24, 2.45) is 5.16 Å². The van der Waals surface area contributed by atoms with Crippen LogP contribution in [0.4, 0.5) is 4.79 Å². The highest BCUT2D eigenvalue weighted by atomic mass is 16.5. The molecule has 2 atom stereocenters. The quantitative estimate of drug-likeness (QED) is 0.143. The minimum absolute atomic E-state index is 0.111. The van der Waals surface area contributed by atoms with Crippen molar-refractivity contribution in [2.75, 3.05) is 20.2 Å². The number of oxime groups is 1. The van der Waals surface area contributed by atoms with Crippen molar-refractivity contribution >= 4 is 23.7 Å². The van der Waals surface area contributed by atoms with Crippen LogP contribution < -0.4 is 15.4 Å². The number of hydrogen-bond donors (Lipinski definition) is 3. The van der Waals surface area contributed by atoms with Crippen LogP contribution in [0.2, 0.25) is 0 Å². The fraction of sp³-hybridized carbons (Fsp3) is 0.357. The van der Waals surface area contributed by atoms with Gasteiger partial charge in [0.05, 0.1) is 13.7 Å². The second-order valence-corrected chi connectivity index (χ2v) is 9.79. The first-order valence-electron chi connectivity index (χ1n) is 12.6. The summed E-state index contributed by atoms with van der Waals surface area (Å²) >= 11 is 0. The van der Waals surface area contributed by atoms with Crippen molar-refractivity contribution < 1.29 is 24.3 Å². The first-order chi connectivity index (χ1) is 18.3. The molecule has 3 aliphatic heterocycles. The number of methoxy groups -OCH3 is 1. The minimum atomic E-state index is -1.60. The molecule has 38 heavy (non-hydrogen) atoms. The number of likely N-dealkylation sites (tertiary alicyclic amines) is 1. The highest BCUT2D eigenvalue weighted by Gasteiger charge is 2.48. The molecule has 0 unspecified atom stereocenters. The van der Waals surface area contributed by atoms with E-state index in [4.69, 9.17) is 4.74 Å². The van der Waals surface area contributed by atoms with Crippen LogP contribution >= 0.6 is 0 Å². The fourth-order valence-corrected chi connectivity index (χ4v) is 5.19. The Morgan fingerprint density at radius 3 is 2.63 bits per heavy atom. The smallest absolute Gasteiger partial charge is 0.323 e. The van der Waals surface area contributed by atoms with Gasteiger partial charge in [0.2, 0.25) is 5.54 Å². The predicted molar refractivity (Wildman–Crippen MR) is 139 cm³/mol. The molecule has 5 rings (SSSR count). The Hall–Kier alpha value is -4.52. The molecule has 0 saturated carbocycles. The summed E-state index contributed by atoms with van der Waals surface area (Å²) in [4.78, 5) is 41.6. The topological polar surface area (TPSA) is 124 Å². The number of benzene rings is 2. The Morgan fingerprint density at radius 2 is 1.97 bits per heavy atom. The van der Waals surface area contributed by atoms with Gasteiger partial charge in [-0.05, 0) is 68.1 Å². The minimum Gasteiger partial charge on any atom is -0.497 e. The molecule has 3 N–H and O–H groups in total. The lowest BCUT2D eigenvalue weighted by molar-refractivity contribution is -0.122. The summed E-state index contributed by atoms with van der Waals surface area (Å²) in [7, 11) is 1.53. The van der Waals surface area contributed by atoms with Crippen LogP contribution in [0.5, 0.6) is 5.75 Å². The van der Waals surface area contributed by atoms with E-state index < -0.39 is 17.5 Å². The van der Waals surface area contributed by atoms with E-state index in [2.05, 4.69) is 39.5 Å². The summed E-state index contributed by atoms with van der Waals surface area (Å²) < 4.78 is 5.23. The normalized spacial score (nSPS) is 22.9. The third-order valence-electron chi connectivity index (χ3n) is 7.30. The van der Waals surface area contributed by atoms with Crippen molar-refractivity contribution in [1.82, 2.24) is 20.4 Å². The molecule has 2 aromatic carbocycles. The Labute approximate surface area is 220 Å². The van der Waals surface area contributed by atoms with Gasteiger partial charge < -0.3 is 25.1 Å². The van der Waals surface area contributed by atoms with E-state index in [9.17, 15) is 19.6 Å². The molecule has 3 heterocycles. The molecule has 2 fully saturated rings. The maximum absolute atomic E-state index is 13.1. The molecule has 10 heteroatoms. The number of carbonyl (C=O) groups excluding carboxylic acids is 3. The van der Waals surface area contributed by atoms with Crippen LogP contribution in [0.1, 0.15) is 53.2 Å². The standard InChI is InChI=1S/C28H29N5O5/c1-18-5-3-4-14-33(18)24(31-37)20-8-6-19(7-9-20)12-13-28(26(35)29-27(36)30-28)17-32-16-21-10-11-22(38-2)15-23(21)25(32)34/h6-11,15,18,37H,3-5,14,16-17H2,1-2H3,(H2,29,30,35,36)/b31-24+/t18-,28+/m0/s1. The average Bonchev–Trinajstić information content (AvgIpc) is 3.38. The van der Waals surface area contributed by atoms with E-state index in [1.807, 2.05) is 18.2 Å². The van der Waals surface area contributed by atoms with Crippen LogP contribution in [-0.2, 0) is 11.3 Å². The van der Waals surface area contributed by atoms with Crippen molar-refractivity contribution in [3.63, 3.8) is 0 Å². The second-order valence-electron chi connectivity index (χ2n) is 9.79. The number of piperidine rings is 1. The Bertz CT molecular complexity index is 1380. The van der Waals surface area contributed by atoms with Crippen molar-refractivity contribution in [1.29, 1.82) is 0 Å². The maximum atomic E-state index is 13.1. The van der Waals surface area contributed by atoms with Gasteiger partial charge in [0.25, 0.3) is 11.8 Å². The Morgan fingerprint density at radius 1 is 1.18 bits per heavy atom. The Balaban J connectivity index is 1.38. The van der Waals surface area contributed by atoms with E-state index in [0.717, 1.165) is 36.9 Å². The predicted octanol–water partition coefficient (Wildman–Crippen LogP) is 2.29. The summed E-state index contributed by atoms with van der Waals surface area (Å²) in [5, 5.41) is 18.1. The summed E-state index contributed by atoms with van der Waals surface area (Å²) in [6.45, 7) is 3.12. The number of nitrogens with one attached hydrogen (secondary N) is 2. The molecule has 0 aromatic heterocycles. The molecule has 0 radical (unpaired) electrons. The average molecular weight is 516 g/mol. The summed E-state index contributed by atoms with van der Waals surface area (Å²) in [5.74, 6) is 6.10. The number of rotatable bonds is 4. The highest BCUT2D eigenvalue weighted by molar-refractivity contribution is 6.10. The number of nitrogens with zero attached hydrogens (tertiary/aromatic N) is 3. The van der Waals surface area contributed by atoms with Crippen LogP contribution in [0.25, 0.3) is 0 Å². The third-order valence-corrected chi connectivity index (χ3v) is 7.30. The van der Waals surface area contributed by atoms with E-state index in [1.165, 1.54) is 12.0 Å². The molecule has 4 amide bonds. The van der Waals surface area contributed by atoms with Gasteiger partial charge in [-0.15, -0.1) is 0 Å². The molecule has 0 bridgehead atoms. The van der Waals surface area contributed by atoms with Crippen LogP contribution in [-0.4, -0.2) is 70.5 Å². The van der Waals surface area contributed by atoms with E-state index in [-0.39, 0.29) is 25.0 Å². The van der Waals surface area contributed by atoms with Gasteiger partial charge in [0.15, 0.2) is 5.84 Å². The lowest BCUT2D eigenvalue weighted by Gasteiger charge is -2.35. The van der Waals surface area contributed by atoms with Gasteiger partial charge in [-0.2, -0.15) is 0 Å². The van der Waals surface area contributed by atoms with Gasteiger partial charge >= 0.3 is 6.03 Å². The maximum Gasteiger partial charge on any atom is 0.323 e. The number of amides is 4. The molecule has 2 saturated heterocycles. The second kappa shape index (κ2) is 10.1. The number of urea groups is 1. The summed E-state index contributed by atoms with van der Waals surface area (Å²) in [5.41, 5.74) is 1.07. The van der Waals surface area contributed by atoms with Crippen LogP contribution in [0, 0.1) is 11.8 Å². The zero-order valence-corrected chi connectivity index (χ0v) is 21.3. The van der Waals surface area contributed by atoms with Gasteiger partial charge in [0, 0.05) is 35.8 Å². The number of carbonyl (C=O) groups is 3. The van der Waals surface area contributed by atoms with Crippen LogP contribution in [0.15, 0.2) is 47.6 Å². The molecular weight excluding hydrogens is 486 g/mol. The zero-order valence-electron chi connectivity index (χ0n) is 21.3. The van der Waals surface area contributed by atoms with Gasteiger partial charge in [-0.25, -0.2) is 4.79 Å². The highest BCUT2D eigenvalue weighted by Crippen LogP contribution is 2.28. The van der Waals surface area contributed by atoms with Gasteiger partial charge in [0.1, 0.15) is 5.75 Å². The summed E-state index contributed by atoms with van der Waals surface area (Å²) in [6.07, 6.45) is 3.23. The Kier molecular flexibility index (Phi) is 6.68. The van der Waals surface area contributed by atoms with Gasteiger partial charge in [-0.3, -0.25) is 14.9 Å². The van der Waals surface area contributed by atoms with Crippen LogP contribution in [0.3, 0.4) is 0 Å². The summed E-state index contributed by atoms with van der Waals surface area (Å²) in [6, 6.07) is 12.0. The van der Waals surface area contributed by atoms with E-state index >= 15 is 0 Å². The first-order valence-corrected chi connectivity index (χ1v) is 12.6. The van der Waals surface area contributed by atoms with E-state index in [1.54, 1.807) is 24.3 Å². The molecule has 196 valence electrons. The molecular formula is C28H29N5O5. The fourth-order valence-electron chi connectivity index (χ4n) is 5.19. The van der Waals surface area contributed by atoms with Crippen molar-refractivity contribution in [3.8, 4) is 17.6 Å². The molecule has 10 nitrogen and oxygen atoms in total.